The lowest BCUT2D eigenvalue weighted by Crippen LogP contribution is -2.53. The summed E-state index contributed by atoms with van der Waals surface area (Å²) < 4.78 is 17.6. The van der Waals surface area contributed by atoms with Crippen molar-refractivity contribution >= 4 is 0 Å². The fraction of sp³-hybridized carbons (Fsp3) is 0.500. The molecular weight excluding hydrogens is 322 g/mol. The minimum Gasteiger partial charge on any atom is -0.710 e. The van der Waals surface area contributed by atoms with Crippen LogP contribution in [0.3, 0.4) is 0 Å². The van der Waals surface area contributed by atoms with Crippen molar-refractivity contribution < 1.29 is 18.9 Å². The summed E-state index contributed by atoms with van der Waals surface area (Å²) in [4.78, 5) is 0. The van der Waals surface area contributed by atoms with Gasteiger partial charge in [0.05, 0.1) is 31.0 Å². The summed E-state index contributed by atoms with van der Waals surface area (Å²) in [5.74, 6) is 1.46. The molecule has 25 heavy (non-hydrogen) atoms. The van der Waals surface area contributed by atoms with Gasteiger partial charge in [-0.15, -0.1) is 0 Å². The molecule has 0 radical (unpaired) electrons. The van der Waals surface area contributed by atoms with Gasteiger partial charge in [-0.2, -0.15) is 0 Å². The van der Waals surface area contributed by atoms with Crippen molar-refractivity contribution in [3.8, 4) is 22.9 Å². The molecule has 0 N–H and O–H groups in total. The summed E-state index contributed by atoms with van der Waals surface area (Å²) in [6, 6.07) is 5.29. The van der Waals surface area contributed by atoms with Gasteiger partial charge in [0.1, 0.15) is 11.3 Å². The Labute approximate surface area is 146 Å². The van der Waals surface area contributed by atoms with Gasteiger partial charge in [-0.3, -0.25) is 0 Å². The average molecular weight is 343 g/mol. The Kier molecular flexibility index (Phi) is 3.57. The summed E-state index contributed by atoms with van der Waals surface area (Å²) in [7, 11) is 3.13. The lowest BCUT2D eigenvalue weighted by atomic mass is 9.74. The molecule has 0 spiro atoms. The molecule has 1 aromatic carbocycles. The van der Waals surface area contributed by atoms with Gasteiger partial charge >= 0.3 is 5.82 Å². The summed E-state index contributed by atoms with van der Waals surface area (Å²) in [6.07, 6.45) is 1.78. The Morgan fingerprint density at radius 3 is 2.68 bits per heavy atom. The predicted molar refractivity (Wildman–Crippen MR) is 89.4 cm³/mol. The lowest BCUT2D eigenvalue weighted by Gasteiger charge is -2.46. The maximum atomic E-state index is 13.1. The summed E-state index contributed by atoms with van der Waals surface area (Å²) >= 11 is 0. The minimum atomic E-state index is -0.529. The number of benzene rings is 1. The highest BCUT2D eigenvalue weighted by atomic mass is 16.5. The molecular formula is C18H21N3O4. The fourth-order valence-corrected chi connectivity index (χ4v) is 4.00. The van der Waals surface area contributed by atoms with Crippen molar-refractivity contribution in [3.05, 3.63) is 34.8 Å². The SMILES string of the molecule is COc1ccc(-c2nnc3c([n+]2[O-])C2CCC3(C)OC2C)cc1OC. The van der Waals surface area contributed by atoms with E-state index in [0.717, 1.165) is 17.6 Å². The Balaban J connectivity index is 1.87. The molecule has 3 heterocycles. The molecule has 1 saturated heterocycles. The first-order valence-electron chi connectivity index (χ1n) is 8.39. The predicted octanol–water partition coefficient (Wildman–Crippen LogP) is 2.31. The molecule has 2 bridgehead atoms. The molecule has 3 aliphatic rings. The third-order valence-electron chi connectivity index (χ3n) is 5.34. The van der Waals surface area contributed by atoms with E-state index in [2.05, 4.69) is 10.2 Å². The van der Waals surface area contributed by atoms with Crippen LogP contribution in [0.1, 0.15) is 44.0 Å². The van der Waals surface area contributed by atoms with Crippen molar-refractivity contribution in [2.75, 3.05) is 14.2 Å². The highest BCUT2D eigenvalue weighted by molar-refractivity contribution is 5.59. The minimum absolute atomic E-state index is 0.00564. The molecule has 5 rings (SSSR count). The summed E-state index contributed by atoms with van der Waals surface area (Å²) in [5.41, 5.74) is 1.47. The van der Waals surface area contributed by atoms with Crippen LogP contribution in [-0.2, 0) is 10.3 Å². The second-order valence-electron chi connectivity index (χ2n) is 6.82. The zero-order chi connectivity index (χ0) is 17.8. The monoisotopic (exact) mass is 343 g/mol. The average Bonchev–Trinajstić information content (AvgIpc) is 2.61. The van der Waals surface area contributed by atoms with Crippen molar-refractivity contribution in [3.63, 3.8) is 0 Å². The molecule has 3 unspecified atom stereocenters. The van der Waals surface area contributed by atoms with Crippen LogP contribution < -0.4 is 14.2 Å². The van der Waals surface area contributed by atoms with Gasteiger partial charge in [0.25, 0.3) is 0 Å². The Hall–Kier alpha value is -2.41. The number of hydrogen-bond acceptors (Lipinski definition) is 6. The lowest BCUT2D eigenvalue weighted by molar-refractivity contribution is -0.612. The molecule has 0 saturated carbocycles. The molecule has 132 valence electrons. The van der Waals surface area contributed by atoms with E-state index in [1.54, 1.807) is 32.4 Å². The second-order valence-corrected chi connectivity index (χ2v) is 6.82. The van der Waals surface area contributed by atoms with Gasteiger partial charge in [-0.25, -0.2) is 4.73 Å². The van der Waals surface area contributed by atoms with Gasteiger partial charge in [-0.05, 0) is 50.0 Å². The van der Waals surface area contributed by atoms with Gasteiger partial charge in [0.2, 0.25) is 0 Å². The van der Waals surface area contributed by atoms with Crippen LogP contribution in [0, 0.1) is 5.21 Å². The smallest absolute Gasteiger partial charge is 0.361 e. The van der Waals surface area contributed by atoms with E-state index in [4.69, 9.17) is 14.2 Å². The maximum absolute atomic E-state index is 13.1. The number of aromatic nitrogens is 3. The highest BCUT2D eigenvalue weighted by Crippen LogP contribution is 2.49. The van der Waals surface area contributed by atoms with Crippen molar-refractivity contribution in [2.45, 2.75) is 44.3 Å². The first-order chi connectivity index (χ1) is 12.0. The largest absolute Gasteiger partial charge is 0.710 e. The first-order valence-corrected chi connectivity index (χ1v) is 8.39. The maximum Gasteiger partial charge on any atom is 0.361 e. The third kappa shape index (κ3) is 2.26. The molecule has 1 aromatic heterocycles. The molecule has 7 heteroatoms. The number of fused-ring (bicyclic) bond motifs is 2. The number of nitrogens with zero attached hydrogens (tertiary/aromatic N) is 3. The fourth-order valence-electron chi connectivity index (χ4n) is 4.00. The Bertz CT molecular complexity index is 841. The van der Waals surface area contributed by atoms with Crippen LogP contribution in [0.5, 0.6) is 11.5 Å². The summed E-state index contributed by atoms with van der Waals surface area (Å²) in [5, 5.41) is 21.7. The van der Waals surface area contributed by atoms with Crippen LogP contribution in [-0.4, -0.2) is 30.5 Å². The molecule has 1 fully saturated rings. The van der Waals surface area contributed by atoms with E-state index in [1.165, 1.54) is 0 Å². The molecule has 1 aliphatic carbocycles. The van der Waals surface area contributed by atoms with E-state index in [1.807, 2.05) is 13.8 Å². The highest BCUT2D eigenvalue weighted by Gasteiger charge is 2.51. The van der Waals surface area contributed by atoms with Gasteiger partial charge < -0.3 is 19.4 Å². The summed E-state index contributed by atoms with van der Waals surface area (Å²) in [6.45, 7) is 4.00. The van der Waals surface area contributed by atoms with Gasteiger partial charge in [0, 0.05) is 5.92 Å². The number of methoxy groups -OCH3 is 2. The first kappa shape index (κ1) is 16.1. The Morgan fingerprint density at radius 2 is 2.00 bits per heavy atom. The van der Waals surface area contributed by atoms with Gasteiger partial charge in [0.15, 0.2) is 17.2 Å². The molecule has 3 atom stereocenters. The second kappa shape index (κ2) is 5.56. The van der Waals surface area contributed by atoms with E-state index in [-0.39, 0.29) is 17.8 Å². The topological polar surface area (TPSA) is 80.4 Å². The standard InChI is InChI=1S/C18H21N3O4/c1-10-12-7-8-18(2,25-10)16-15(12)21(22)17(20-19-16)11-5-6-13(23-3)14(9-11)24-4/h5-6,9-10,12H,7-8H2,1-4H3. The van der Waals surface area contributed by atoms with E-state index in [9.17, 15) is 5.21 Å². The quantitative estimate of drug-likeness (QED) is 0.628. The van der Waals surface area contributed by atoms with Crippen LogP contribution in [0.2, 0.25) is 0 Å². The molecule has 2 aliphatic heterocycles. The van der Waals surface area contributed by atoms with E-state index >= 15 is 0 Å². The van der Waals surface area contributed by atoms with Crippen molar-refractivity contribution in [1.29, 1.82) is 0 Å². The van der Waals surface area contributed by atoms with E-state index in [0.29, 0.717) is 28.5 Å². The van der Waals surface area contributed by atoms with Crippen LogP contribution in [0.4, 0.5) is 0 Å². The molecule has 2 aromatic rings. The van der Waals surface area contributed by atoms with Crippen LogP contribution >= 0.6 is 0 Å². The Morgan fingerprint density at radius 1 is 1.24 bits per heavy atom. The van der Waals surface area contributed by atoms with Crippen LogP contribution in [0.15, 0.2) is 18.2 Å². The number of hydrogen-bond donors (Lipinski definition) is 0. The van der Waals surface area contributed by atoms with E-state index < -0.39 is 5.60 Å². The van der Waals surface area contributed by atoms with Crippen molar-refractivity contribution in [2.24, 2.45) is 0 Å². The third-order valence-corrected chi connectivity index (χ3v) is 5.34. The zero-order valence-electron chi connectivity index (χ0n) is 14.8. The van der Waals surface area contributed by atoms with Crippen molar-refractivity contribution in [1.82, 2.24) is 10.2 Å². The van der Waals surface area contributed by atoms with Gasteiger partial charge in [-0.1, -0.05) is 0 Å². The zero-order valence-corrected chi connectivity index (χ0v) is 14.8. The number of rotatable bonds is 3. The molecule has 0 amide bonds. The normalized spacial score (nSPS) is 27.0. The van der Waals surface area contributed by atoms with Crippen LogP contribution in [0.25, 0.3) is 11.4 Å². The number of ether oxygens (including phenoxy) is 3. The molecule has 7 nitrogen and oxygen atoms in total.